The second-order valence-corrected chi connectivity index (χ2v) is 3.01. The molecule has 9 heteroatoms. The van der Waals surface area contributed by atoms with Gasteiger partial charge in [0.25, 0.3) is 0 Å². The quantitative estimate of drug-likeness (QED) is 0.609. The van der Waals surface area contributed by atoms with Gasteiger partial charge in [0.1, 0.15) is 0 Å². The van der Waals surface area contributed by atoms with E-state index in [1.165, 1.54) is 0 Å². The molecule has 0 aromatic carbocycles. The van der Waals surface area contributed by atoms with E-state index in [-0.39, 0.29) is 6.67 Å². The molecule has 0 heterocycles. The molecule has 0 aliphatic rings. The highest BCUT2D eigenvalue weighted by molar-refractivity contribution is 4.82. The zero-order valence-electron chi connectivity index (χ0n) is 8.80. The van der Waals surface area contributed by atoms with Gasteiger partial charge < -0.3 is 5.11 Å². The molecule has 17 heavy (non-hydrogen) atoms. The molecule has 0 radical (unpaired) electrons. The van der Waals surface area contributed by atoms with Crippen LogP contribution in [0.3, 0.4) is 0 Å². The molecule has 0 saturated heterocycles. The molecule has 0 spiro atoms. The van der Waals surface area contributed by atoms with Gasteiger partial charge in [-0.05, 0) is 6.42 Å². The van der Waals surface area contributed by atoms with Gasteiger partial charge in [0.15, 0.2) is 0 Å². The topological polar surface area (TPSA) is 20.2 Å². The smallest absolute Gasteiger partial charge is 0.331 e. The summed E-state index contributed by atoms with van der Waals surface area (Å²) in [6.45, 7) is 1.92. The monoisotopic (exact) mass is 276 g/mol. The van der Waals surface area contributed by atoms with Gasteiger partial charge in [-0.25, -0.2) is 0 Å². The second-order valence-electron chi connectivity index (χ2n) is 3.01. The maximum atomic E-state index is 11.3. The second kappa shape index (κ2) is 6.97. The average Bonchev–Trinajstić information content (AvgIpc) is 2.12. The molecule has 0 saturated carbocycles. The summed E-state index contributed by atoms with van der Waals surface area (Å²) >= 11 is 0. The summed E-state index contributed by atoms with van der Waals surface area (Å²) < 4.78 is 88.8. The third-order valence-corrected chi connectivity index (χ3v) is 1.47. The minimum Gasteiger partial charge on any atom is -0.331 e. The highest BCUT2D eigenvalue weighted by Crippen LogP contribution is 2.44. The standard InChI is InChI=1S/C5H11F.C3HF7O/c1-2-3-4-5-6;4-1(5,2(6,7)8)3(9,10)11/h2-5H2,1H3;11H. The van der Waals surface area contributed by atoms with Crippen LogP contribution in [0.5, 0.6) is 0 Å². The van der Waals surface area contributed by atoms with Crippen molar-refractivity contribution in [2.45, 2.75) is 44.4 Å². The minimum absolute atomic E-state index is 0.145. The van der Waals surface area contributed by atoms with Crippen LogP contribution >= 0.6 is 0 Å². The van der Waals surface area contributed by atoms with Crippen LogP contribution in [0.2, 0.25) is 0 Å². The molecule has 106 valence electrons. The van der Waals surface area contributed by atoms with Crippen molar-refractivity contribution < 1.29 is 40.2 Å². The van der Waals surface area contributed by atoms with Gasteiger partial charge >= 0.3 is 18.2 Å². The van der Waals surface area contributed by atoms with Crippen molar-refractivity contribution in [3.05, 3.63) is 0 Å². The predicted molar refractivity (Wildman–Crippen MR) is 43.7 cm³/mol. The van der Waals surface area contributed by atoms with Crippen molar-refractivity contribution in [3.8, 4) is 0 Å². The number of halogens is 8. The van der Waals surface area contributed by atoms with Crippen LogP contribution in [-0.2, 0) is 0 Å². The van der Waals surface area contributed by atoms with Crippen LogP contribution in [0.15, 0.2) is 0 Å². The Morgan fingerprint density at radius 3 is 1.35 bits per heavy atom. The van der Waals surface area contributed by atoms with Crippen LogP contribution in [0.25, 0.3) is 0 Å². The van der Waals surface area contributed by atoms with E-state index in [0.717, 1.165) is 19.3 Å². The lowest BCUT2D eigenvalue weighted by atomic mass is 10.3. The third-order valence-electron chi connectivity index (χ3n) is 1.47. The third kappa shape index (κ3) is 6.64. The number of rotatable bonds is 4. The zero-order chi connectivity index (χ0) is 14.3. The Morgan fingerprint density at radius 2 is 1.29 bits per heavy atom. The van der Waals surface area contributed by atoms with Gasteiger partial charge in [-0.1, -0.05) is 19.8 Å². The van der Waals surface area contributed by atoms with E-state index in [2.05, 4.69) is 6.92 Å². The average molecular weight is 276 g/mol. The molecular weight excluding hydrogens is 264 g/mol. The fraction of sp³-hybridized carbons (Fsp3) is 1.00. The number of unbranched alkanes of at least 4 members (excludes halogenated alkanes) is 2. The lowest BCUT2D eigenvalue weighted by Gasteiger charge is -2.23. The molecule has 0 aromatic heterocycles. The fourth-order valence-electron chi connectivity index (χ4n) is 0.515. The number of hydrogen-bond acceptors (Lipinski definition) is 1. The van der Waals surface area contributed by atoms with Crippen LogP contribution in [0, 0.1) is 0 Å². The van der Waals surface area contributed by atoms with Crippen molar-refractivity contribution in [1.29, 1.82) is 0 Å². The predicted octanol–water partition coefficient (Wildman–Crippen LogP) is 3.92. The van der Waals surface area contributed by atoms with Crippen LogP contribution in [0.4, 0.5) is 35.1 Å². The number of hydrogen-bond donors (Lipinski definition) is 1. The van der Waals surface area contributed by atoms with E-state index in [4.69, 9.17) is 5.11 Å². The van der Waals surface area contributed by atoms with Crippen molar-refractivity contribution in [2.24, 2.45) is 0 Å². The Morgan fingerprint density at radius 1 is 0.882 bits per heavy atom. The van der Waals surface area contributed by atoms with E-state index in [1.54, 1.807) is 0 Å². The van der Waals surface area contributed by atoms with Crippen LogP contribution in [-0.4, -0.2) is 30.0 Å². The van der Waals surface area contributed by atoms with Crippen LogP contribution in [0.1, 0.15) is 26.2 Å². The van der Waals surface area contributed by atoms with E-state index in [1.807, 2.05) is 0 Å². The normalized spacial score (nSPS) is 13.1. The molecule has 0 atom stereocenters. The van der Waals surface area contributed by atoms with E-state index in [0.29, 0.717) is 0 Å². The summed E-state index contributed by atoms with van der Waals surface area (Å²) in [6.07, 6.45) is -9.63. The largest absolute Gasteiger partial charge is 0.462 e. The van der Waals surface area contributed by atoms with Gasteiger partial charge in [-0.2, -0.15) is 30.7 Å². The maximum Gasteiger partial charge on any atom is 0.462 e. The minimum atomic E-state index is -6.45. The lowest BCUT2D eigenvalue weighted by Crippen LogP contribution is -2.51. The highest BCUT2D eigenvalue weighted by atomic mass is 19.4. The first-order chi connectivity index (χ1) is 7.41. The van der Waals surface area contributed by atoms with Crippen molar-refractivity contribution in [2.75, 3.05) is 6.67 Å². The molecule has 0 fully saturated rings. The SMILES string of the molecule is CCCCCF.OC(F)(F)C(F)(F)C(F)(F)F. The summed E-state index contributed by atoms with van der Waals surface area (Å²) in [4.78, 5) is 0. The number of alkyl halides is 8. The summed E-state index contributed by atoms with van der Waals surface area (Å²) in [5.74, 6) is -6.40. The Labute approximate surface area is 92.4 Å². The molecule has 0 bridgehead atoms. The van der Waals surface area contributed by atoms with E-state index in [9.17, 15) is 35.1 Å². The lowest BCUT2D eigenvalue weighted by molar-refractivity contribution is -0.412. The molecule has 0 amide bonds. The van der Waals surface area contributed by atoms with Crippen molar-refractivity contribution in [1.82, 2.24) is 0 Å². The van der Waals surface area contributed by atoms with Gasteiger partial charge in [0, 0.05) is 0 Å². The molecule has 1 N–H and O–H groups in total. The Hall–Kier alpha value is -0.600. The van der Waals surface area contributed by atoms with Gasteiger partial charge in [-0.3, -0.25) is 4.39 Å². The Bertz CT molecular complexity index is 175. The summed E-state index contributed by atoms with van der Waals surface area (Å²) in [7, 11) is 0. The van der Waals surface area contributed by atoms with Crippen LogP contribution < -0.4 is 0 Å². The first-order valence-electron chi connectivity index (χ1n) is 4.52. The first-order valence-corrected chi connectivity index (χ1v) is 4.52. The summed E-state index contributed by atoms with van der Waals surface area (Å²) in [5.41, 5.74) is 0. The first kappa shape index (κ1) is 18.8. The van der Waals surface area contributed by atoms with Crippen molar-refractivity contribution >= 4 is 0 Å². The summed E-state index contributed by atoms with van der Waals surface area (Å²) in [6, 6.07) is 0. The summed E-state index contributed by atoms with van der Waals surface area (Å²) in [5, 5.41) is 7.08. The molecule has 0 aliphatic heterocycles. The maximum absolute atomic E-state index is 11.3. The van der Waals surface area contributed by atoms with Gasteiger partial charge in [0.05, 0.1) is 6.67 Å². The van der Waals surface area contributed by atoms with E-state index >= 15 is 0 Å². The van der Waals surface area contributed by atoms with Gasteiger partial charge in [-0.15, -0.1) is 0 Å². The Balaban J connectivity index is 0. The fourth-order valence-corrected chi connectivity index (χ4v) is 0.515. The molecule has 0 aromatic rings. The highest BCUT2D eigenvalue weighted by Gasteiger charge is 2.73. The molecule has 0 unspecified atom stereocenters. The van der Waals surface area contributed by atoms with E-state index < -0.39 is 18.2 Å². The molecule has 1 nitrogen and oxygen atoms in total. The van der Waals surface area contributed by atoms with Gasteiger partial charge in [0.2, 0.25) is 0 Å². The molecule has 0 rings (SSSR count). The number of aliphatic hydroxyl groups is 1. The molecule has 0 aliphatic carbocycles. The Kier molecular flexibility index (Phi) is 7.69. The van der Waals surface area contributed by atoms with Crippen molar-refractivity contribution in [3.63, 3.8) is 0 Å². The molecular formula is C8H12F8O. The zero-order valence-corrected chi connectivity index (χ0v) is 8.80.